The minimum absolute atomic E-state index is 0.173. The molecule has 45 heavy (non-hydrogen) atoms. The molecule has 0 aliphatic carbocycles. The second-order valence-corrected chi connectivity index (χ2v) is 11.7. The van der Waals surface area contributed by atoms with Crippen molar-refractivity contribution in [2.24, 2.45) is 11.8 Å². The number of rotatable bonds is 13. The van der Waals surface area contributed by atoms with Gasteiger partial charge in [-0.15, -0.1) is 0 Å². The molecule has 1 fully saturated rings. The Bertz CT molecular complexity index is 1340. The van der Waals surface area contributed by atoms with Crippen molar-refractivity contribution in [1.29, 1.82) is 0 Å². The number of amides is 3. The standard InChI is InChI=1S/C22H38N4O5.C13H13N/c1-6-8-11-16(10-7-2)19(27)24-18(14(3)4)20(28)23-15(5)21(29)26-13-9-12-17(25-26)22(30)31;1-3-10-5-6-11-7-8-12(4-2)14-13(11)9-10/h7,10,14-18,25H,6,8-9,11-13H2,1-5H3,(H,23,28)(H,24,27)(H,30,31);3,5-9H,1,4H2,2H3/b10-7+;. The molecule has 1 aromatic carbocycles. The van der Waals surface area contributed by atoms with Gasteiger partial charge in [0.2, 0.25) is 11.8 Å². The van der Waals surface area contributed by atoms with Crippen LogP contribution in [0.1, 0.15) is 84.9 Å². The van der Waals surface area contributed by atoms with Crippen molar-refractivity contribution < 1.29 is 24.3 Å². The number of allylic oxidation sites excluding steroid dienone is 1. The monoisotopic (exact) mass is 621 g/mol. The Balaban J connectivity index is 0.000000414. The average Bonchev–Trinajstić information content (AvgIpc) is 3.04. The predicted octanol–water partition coefficient (Wildman–Crippen LogP) is 5.03. The van der Waals surface area contributed by atoms with Gasteiger partial charge in [-0.2, -0.15) is 0 Å². The van der Waals surface area contributed by atoms with Gasteiger partial charge in [-0.1, -0.05) is 83.5 Å². The Labute approximate surface area is 267 Å². The number of aryl methyl sites for hydroxylation is 1. The Hall–Kier alpha value is -4.05. The smallest absolute Gasteiger partial charge is 0.322 e. The topological polar surface area (TPSA) is 141 Å². The summed E-state index contributed by atoms with van der Waals surface area (Å²) >= 11 is 0. The van der Waals surface area contributed by atoms with Gasteiger partial charge < -0.3 is 15.7 Å². The molecule has 1 aliphatic rings. The van der Waals surface area contributed by atoms with Crippen LogP contribution in [0.3, 0.4) is 0 Å². The van der Waals surface area contributed by atoms with Crippen molar-refractivity contribution in [3.63, 3.8) is 0 Å². The summed E-state index contributed by atoms with van der Waals surface area (Å²) in [6.45, 7) is 15.4. The third-order valence-corrected chi connectivity index (χ3v) is 7.73. The third-order valence-electron chi connectivity index (χ3n) is 7.73. The maximum atomic E-state index is 12.9. The van der Waals surface area contributed by atoms with E-state index in [4.69, 9.17) is 5.11 Å². The van der Waals surface area contributed by atoms with Gasteiger partial charge in [-0.3, -0.25) is 29.2 Å². The SMILES string of the molecule is C/C=C/C(CCCC)C(=O)NC(C(=O)NC(C)C(=O)N1CCCC(C(=O)O)N1)C(C)C.C=Cc1ccc2ccc(CC)nc2c1. The van der Waals surface area contributed by atoms with Crippen LogP contribution in [-0.2, 0) is 25.6 Å². The lowest BCUT2D eigenvalue weighted by atomic mass is 9.97. The van der Waals surface area contributed by atoms with Crippen LogP contribution in [0.4, 0.5) is 0 Å². The number of pyridine rings is 1. The van der Waals surface area contributed by atoms with Crippen molar-refractivity contribution in [3.8, 4) is 0 Å². The number of aromatic nitrogens is 1. The molecular weight excluding hydrogens is 570 g/mol. The van der Waals surface area contributed by atoms with E-state index in [1.165, 1.54) is 10.4 Å². The van der Waals surface area contributed by atoms with E-state index >= 15 is 0 Å². The van der Waals surface area contributed by atoms with Crippen molar-refractivity contribution in [3.05, 3.63) is 60.3 Å². The molecule has 10 heteroatoms. The number of hydrazine groups is 1. The van der Waals surface area contributed by atoms with E-state index in [2.05, 4.69) is 71.8 Å². The van der Waals surface area contributed by atoms with Crippen molar-refractivity contribution in [2.75, 3.05) is 6.54 Å². The number of aliphatic carboxylic acids is 1. The highest BCUT2D eigenvalue weighted by Crippen LogP contribution is 2.16. The van der Waals surface area contributed by atoms with Crippen LogP contribution in [0.15, 0.2) is 49.1 Å². The fourth-order valence-corrected chi connectivity index (χ4v) is 4.99. The molecule has 1 aliphatic heterocycles. The Morgan fingerprint density at radius 2 is 1.82 bits per heavy atom. The first-order valence-electron chi connectivity index (χ1n) is 16.0. The maximum Gasteiger partial charge on any atom is 0.322 e. The fourth-order valence-electron chi connectivity index (χ4n) is 4.99. The van der Waals surface area contributed by atoms with Crippen LogP contribution >= 0.6 is 0 Å². The predicted molar refractivity (Wildman–Crippen MR) is 179 cm³/mol. The molecule has 3 rings (SSSR count). The van der Waals surface area contributed by atoms with Crippen molar-refractivity contribution >= 4 is 40.7 Å². The van der Waals surface area contributed by atoms with Crippen molar-refractivity contribution in [1.82, 2.24) is 26.1 Å². The number of carboxylic acid groups (broad SMARTS) is 1. The van der Waals surface area contributed by atoms with Gasteiger partial charge in [-0.25, -0.2) is 5.43 Å². The number of fused-ring (bicyclic) bond motifs is 1. The molecule has 2 aromatic rings. The number of carbonyl (C=O) groups excluding carboxylic acids is 3. The van der Waals surface area contributed by atoms with Crippen LogP contribution in [-0.4, -0.2) is 63.5 Å². The number of benzene rings is 1. The van der Waals surface area contributed by atoms with Gasteiger partial charge in [0.1, 0.15) is 18.1 Å². The van der Waals surface area contributed by atoms with Crippen LogP contribution in [0, 0.1) is 11.8 Å². The molecule has 4 N–H and O–H groups in total. The molecular formula is C35H51N5O5. The van der Waals surface area contributed by atoms with Crippen LogP contribution in [0.25, 0.3) is 17.0 Å². The number of unbranched alkanes of at least 4 members (excludes halogenated alkanes) is 1. The maximum absolute atomic E-state index is 12.9. The summed E-state index contributed by atoms with van der Waals surface area (Å²) in [4.78, 5) is 54.0. The van der Waals surface area contributed by atoms with E-state index in [0.717, 1.165) is 36.0 Å². The molecule has 10 nitrogen and oxygen atoms in total. The molecule has 0 saturated carbocycles. The molecule has 1 aromatic heterocycles. The summed E-state index contributed by atoms with van der Waals surface area (Å²) in [6, 6.07) is 7.94. The molecule has 4 unspecified atom stereocenters. The second-order valence-electron chi connectivity index (χ2n) is 11.7. The number of nitrogens with zero attached hydrogens (tertiary/aromatic N) is 2. The zero-order valence-corrected chi connectivity index (χ0v) is 27.6. The highest BCUT2D eigenvalue weighted by molar-refractivity contribution is 5.93. The van der Waals surface area contributed by atoms with Gasteiger partial charge >= 0.3 is 5.97 Å². The highest BCUT2D eigenvalue weighted by Gasteiger charge is 2.33. The highest BCUT2D eigenvalue weighted by atomic mass is 16.4. The van der Waals surface area contributed by atoms with Crippen LogP contribution in [0.5, 0.6) is 0 Å². The molecule has 0 radical (unpaired) electrons. The third kappa shape index (κ3) is 11.4. The number of hydrogen-bond acceptors (Lipinski definition) is 6. The van der Waals surface area contributed by atoms with Gasteiger partial charge in [0.25, 0.3) is 5.91 Å². The summed E-state index contributed by atoms with van der Waals surface area (Å²) in [5.41, 5.74) is 6.01. The molecule has 1 saturated heterocycles. The minimum Gasteiger partial charge on any atom is -0.480 e. The molecule has 4 atom stereocenters. The van der Waals surface area contributed by atoms with Crippen LogP contribution in [0.2, 0.25) is 0 Å². The van der Waals surface area contributed by atoms with E-state index in [9.17, 15) is 19.2 Å². The second kappa shape index (κ2) is 18.7. The lowest BCUT2D eigenvalue weighted by Gasteiger charge is -2.34. The number of nitrogens with one attached hydrogen (secondary N) is 3. The summed E-state index contributed by atoms with van der Waals surface area (Å²) in [7, 11) is 0. The molecule has 246 valence electrons. The van der Waals surface area contributed by atoms with Gasteiger partial charge in [0, 0.05) is 17.6 Å². The molecule has 0 spiro atoms. The summed E-state index contributed by atoms with van der Waals surface area (Å²) < 4.78 is 0. The lowest BCUT2D eigenvalue weighted by Crippen LogP contribution is -2.60. The normalized spacial score (nSPS) is 16.8. The summed E-state index contributed by atoms with van der Waals surface area (Å²) in [5, 5.41) is 17.1. The Kier molecular flexibility index (Phi) is 15.4. The van der Waals surface area contributed by atoms with Crippen molar-refractivity contribution in [2.45, 2.75) is 98.2 Å². The van der Waals surface area contributed by atoms with E-state index in [1.54, 1.807) is 6.92 Å². The molecule has 0 bridgehead atoms. The average molecular weight is 622 g/mol. The van der Waals surface area contributed by atoms with Gasteiger partial charge in [0.05, 0.1) is 11.4 Å². The first-order chi connectivity index (χ1) is 21.4. The van der Waals surface area contributed by atoms with E-state index < -0.39 is 35.9 Å². The first kappa shape index (κ1) is 37.1. The van der Waals surface area contributed by atoms with E-state index in [-0.39, 0.29) is 17.7 Å². The minimum atomic E-state index is -1.02. The number of carbonyl (C=O) groups is 4. The summed E-state index contributed by atoms with van der Waals surface area (Å²) in [6.07, 6.45) is 10.1. The van der Waals surface area contributed by atoms with Crippen LogP contribution < -0.4 is 16.1 Å². The zero-order chi connectivity index (χ0) is 33.5. The Morgan fingerprint density at radius 1 is 1.11 bits per heavy atom. The quantitative estimate of drug-likeness (QED) is 0.230. The fraction of sp³-hybridized carbons (Fsp3) is 0.514. The summed E-state index contributed by atoms with van der Waals surface area (Å²) in [5.74, 6) is -2.55. The van der Waals surface area contributed by atoms with E-state index in [1.807, 2.05) is 39.0 Å². The number of hydrogen-bond donors (Lipinski definition) is 4. The largest absolute Gasteiger partial charge is 0.480 e. The van der Waals surface area contributed by atoms with Gasteiger partial charge in [-0.05, 0) is 63.1 Å². The molecule has 2 heterocycles. The Morgan fingerprint density at radius 3 is 2.42 bits per heavy atom. The number of carboxylic acids is 1. The van der Waals surface area contributed by atoms with E-state index in [0.29, 0.717) is 25.8 Å². The lowest BCUT2D eigenvalue weighted by molar-refractivity contribution is -0.148. The van der Waals surface area contributed by atoms with Gasteiger partial charge in [0.15, 0.2) is 0 Å². The first-order valence-corrected chi connectivity index (χ1v) is 16.0. The molecule has 3 amide bonds. The zero-order valence-electron chi connectivity index (χ0n) is 27.6.